The number of aromatic nitrogens is 4. The third-order valence-electron chi connectivity index (χ3n) is 5.85. The Labute approximate surface area is 221 Å². The van der Waals surface area contributed by atoms with Gasteiger partial charge in [-0.05, 0) is 38.1 Å². The second-order valence-corrected chi connectivity index (χ2v) is 9.60. The maximum Gasteiger partial charge on any atom is 0.326 e. The third kappa shape index (κ3) is 10.3. The molecule has 2 rings (SSSR count). The third-order valence-corrected chi connectivity index (χ3v) is 5.85. The van der Waals surface area contributed by atoms with Crippen molar-refractivity contribution in [1.29, 1.82) is 0 Å². The molecule has 210 valence electrons. The van der Waals surface area contributed by atoms with Gasteiger partial charge in [0.25, 0.3) is 0 Å². The Morgan fingerprint density at radius 3 is 1.89 bits per heavy atom. The van der Waals surface area contributed by atoms with Gasteiger partial charge < -0.3 is 42.5 Å². The van der Waals surface area contributed by atoms with Crippen LogP contribution in [0, 0.1) is 5.92 Å². The van der Waals surface area contributed by atoms with E-state index in [9.17, 15) is 24.3 Å². The van der Waals surface area contributed by atoms with Crippen molar-refractivity contribution in [2.75, 3.05) is 6.54 Å². The number of hydrogen-bond donors (Lipinski definition) is 8. The van der Waals surface area contributed by atoms with E-state index in [1.807, 2.05) is 13.8 Å². The molecule has 38 heavy (non-hydrogen) atoms. The van der Waals surface area contributed by atoms with Gasteiger partial charge in [-0.25, -0.2) is 14.8 Å². The Morgan fingerprint density at radius 1 is 0.868 bits per heavy atom. The lowest BCUT2D eigenvalue weighted by Crippen LogP contribution is -2.58. The summed E-state index contributed by atoms with van der Waals surface area (Å²) in [5, 5.41) is 17.5. The molecular weight excluding hydrogens is 494 g/mol. The summed E-state index contributed by atoms with van der Waals surface area (Å²) in [7, 11) is 0. The van der Waals surface area contributed by atoms with Crippen LogP contribution in [0.4, 0.5) is 0 Å². The van der Waals surface area contributed by atoms with Gasteiger partial charge in [0.2, 0.25) is 17.7 Å². The van der Waals surface area contributed by atoms with Gasteiger partial charge in [-0.15, -0.1) is 0 Å². The number of carbonyl (C=O) groups excluding carboxylic acids is 3. The van der Waals surface area contributed by atoms with Crippen molar-refractivity contribution in [3.63, 3.8) is 0 Å². The number of carboxylic acids is 1. The van der Waals surface area contributed by atoms with E-state index in [0.717, 1.165) is 0 Å². The fraction of sp³-hybridized carbons (Fsp3) is 0.583. The van der Waals surface area contributed by atoms with E-state index >= 15 is 0 Å². The predicted molar refractivity (Wildman–Crippen MR) is 138 cm³/mol. The molecule has 0 aliphatic carbocycles. The van der Waals surface area contributed by atoms with Crippen molar-refractivity contribution in [1.82, 2.24) is 35.9 Å². The highest BCUT2D eigenvalue weighted by molar-refractivity contribution is 5.94. The maximum absolute atomic E-state index is 13.3. The molecule has 0 aliphatic rings. The number of aliphatic carboxylic acids is 1. The molecule has 0 saturated heterocycles. The van der Waals surface area contributed by atoms with E-state index in [1.165, 1.54) is 25.0 Å². The molecule has 2 heterocycles. The highest BCUT2D eigenvalue weighted by atomic mass is 16.4. The van der Waals surface area contributed by atoms with Crippen molar-refractivity contribution in [3.8, 4) is 0 Å². The van der Waals surface area contributed by atoms with E-state index in [0.29, 0.717) is 43.6 Å². The van der Waals surface area contributed by atoms with Crippen LogP contribution in [0.3, 0.4) is 0 Å². The molecule has 4 unspecified atom stereocenters. The number of rotatable bonds is 17. The van der Waals surface area contributed by atoms with Crippen LogP contribution in [0.1, 0.15) is 50.9 Å². The monoisotopic (exact) mass is 533 g/mol. The molecule has 0 bridgehead atoms. The number of H-pyrrole nitrogens is 2. The van der Waals surface area contributed by atoms with Gasteiger partial charge in [0.05, 0.1) is 18.7 Å². The standard InChI is InChI=1S/C24H39N9O5/c1-14(2)7-17(26)21(34)31-18(5-3-4-6-25)22(35)32-19(8-15-10-27-12-29-15)23(36)33-20(24(37)38)9-16-11-28-13-30-16/h10-14,17-20H,3-9,25-26H2,1-2H3,(H,27,29)(H,28,30)(H,31,34)(H,32,35)(H,33,36)(H,37,38). The van der Waals surface area contributed by atoms with Crippen LogP contribution in [-0.4, -0.2) is 79.4 Å². The molecule has 10 N–H and O–H groups in total. The molecule has 0 fully saturated rings. The summed E-state index contributed by atoms with van der Waals surface area (Å²) in [5.74, 6) is -2.82. The smallest absolute Gasteiger partial charge is 0.326 e. The highest BCUT2D eigenvalue weighted by Crippen LogP contribution is 2.08. The Balaban J connectivity index is 2.18. The largest absolute Gasteiger partial charge is 0.480 e. The number of unbranched alkanes of at least 4 members (excludes halogenated alkanes) is 1. The molecule has 0 saturated carbocycles. The van der Waals surface area contributed by atoms with Gasteiger partial charge >= 0.3 is 5.97 Å². The Bertz CT molecular complexity index is 1010. The van der Waals surface area contributed by atoms with Gasteiger partial charge in [-0.1, -0.05) is 13.8 Å². The van der Waals surface area contributed by atoms with E-state index in [4.69, 9.17) is 11.5 Å². The summed E-state index contributed by atoms with van der Waals surface area (Å²) in [5.41, 5.74) is 12.7. The molecule has 3 amide bonds. The second kappa shape index (κ2) is 15.5. The van der Waals surface area contributed by atoms with Crippen molar-refractivity contribution < 1.29 is 24.3 Å². The Morgan fingerprint density at radius 2 is 1.39 bits per heavy atom. The molecule has 4 atom stereocenters. The van der Waals surface area contributed by atoms with Crippen LogP contribution >= 0.6 is 0 Å². The summed E-state index contributed by atoms with van der Waals surface area (Å²) in [6.07, 6.45) is 7.73. The van der Waals surface area contributed by atoms with Crippen LogP contribution in [0.5, 0.6) is 0 Å². The number of carbonyl (C=O) groups is 4. The molecule has 14 heteroatoms. The van der Waals surface area contributed by atoms with E-state index in [-0.39, 0.29) is 18.8 Å². The molecule has 0 aliphatic heterocycles. The second-order valence-electron chi connectivity index (χ2n) is 9.60. The molecule has 0 radical (unpaired) electrons. The predicted octanol–water partition coefficient (Wildman–Crippen LogP) is -1.04. The first kappa shape index (κ1) is 30.4. The quantitative estimate of drug-likeness (QED) is 0.116. The summed E-state index contributed by atoms with van der Waals surface area (Å²) in [6, 6.07) is -4.16. The number of nitrogens with zero attached hydrogens (tertiary/aromatic N) is 2. The minimum atomic E-state index is -1.27. The van der Waals surface area contributed by atoms with E-state index in [2.05, 4.69) is 35.9 Å². The lowest BCUT2D eigenvalue weighted by Gasteiger charge is -2.25. The number of hydrogen-bond acceptors (Lipinski definition) is 8. The summed E-state index contributed by atoms with van der Waals surface area (Å²) in [6.45, 7) is 4.30. The summed E-state index contributed by atoms with van der Waals surface area (Å²) >= 11 is 0. The highest BCUT2D eigenvalue weighted by Gasteiger charge is 2.31. The number of imidazole rings is 2. The van der Waals surface area contributed by atoms with Crippen molar-refractivity contribution >= 4 is 23.7 Å². The number of amides is 3. The van der Waals surface area contributed by atoms with Crippen LogP contribution in [0.15, 0.2) is 25.0 Å². The Kier molecular flexibility index (Phi) is 12.4. The zero-order valence-electron chi connectivity index (χ0n) is 21.8. The lowest BCUT2D eigenvalue weighted by atomic mass is 10.0. The number of carboxylic acid groups (broad SMARTS) is 1. The average molecular weight is 534 g/mol. The number of nitrogens with one attached hydrogen (secondary N) is 5. The average Bonchev–Trinajstić information content (AvgIpc) is 3.56. The molecule has 2 aromatic heterocycles. The minimum absolute atomic E-state index is 0.0182. The first-order valence-electron chi connectivity index (χ1n) is 12.6. The van der Waals surface area contributed by atoms with Crippen LogP contribution < -0.4 is 27.4 Å². The zero-order chi connectivity index (χ0) is 28.1. The van der Waals surface area contributed by atoms with Gasteiger partial charge in [-0.3, -0.25) is 14.4 Å². The van der Waals surface area contributed by atoms with E-state index in [1.54, 1.807) is 0 Å². The van der Waals surface area contributed by atoms with Gasteiger partial charge in [0, 0.05) is 36.6 Å². The summed E-state index contributed by atoms with van der Waals surface area (Å²) < 4.78 is 0. The summed E-state index contributed by atoms with van der Waals surface area (Å²) in [4.78, 5) is 64.5. The van der Waals surface area contributed by atoms with Gasteiger partial charge in [-0.2, -0.15) is 0 Å². The molecular formula is C24H39N9O5. The van der Waals surface area contributed by atoms with Gasteiger partial charge in [0.1, 0.15) is 18.1 Å². The first-order chi connectivity index (χ1) is 18.1. The molecule has 0 spiro atoms. The SMILES string of the molecule is CC(C)CC(N)C(=O)NC(CCCCN)C(=O)NC(Cc1cnc[nH]1)C(=O)NC(Cc1cnc[nH]1)C(=O)O. The molecule has 2 aromatic rings. The lowest BCUT2D eigenvalue weighted by molar-refractivity contribution is -0.142. The fourth-order valence-corrected chi connectivity index (χ4v) is 3.84. The zero-order valence-corrected chi connectivity index (χ0v) is 21.8. The van der Waals surface area contributed by atoms with Crippen LogP contribution in [0.25, 0.3) is 0 Å². The van der Waals surface area contributed by atoms with E-state index < -0.39 is 47.9 Å². The molecule has 14 nitrogen and oxygen atoms in total. The first-order valence-corrected chi connectivity index (χ1v) is 12.6. The van der Waals surface area contributed by atoms with Crippen LogP contribution in [0.2, 0.25) is 0 Å². The topological polar surface area (TPSA) is 234 Å². The number of nitrogens with two attached hydrogens (primary N) is 2. The normalized spacial score (nSPS) is 14.3. The van der Waals surface area contributed by atoms with Crippen molar-refractivity contribution in [2.24, 2.45) is 17.4 Å². The van der Waals surface area contributed by atoms with Crippen LogP contribution in [-0.2, 0) is 32.0 Å². The maximum atomic E-state index is 13.3. The minimum Gasteiger partial charge on any atom is -0.480 e. The number of aromatic amines is 2. The van der Waals surface area contributed by atoms with Gasteiger partial charge in [0.15, 0.2) is 0 Å². The fourth-order valence-electron chi connectivity index (χ4n) is 3.84. The van der Waals surface area contributed by atoms with Crippen molar-refractivity contribution in [2.45, 2.75) is 76.5 Å². The van der Waals surface area contributed by atoms with Crippen molar-refractivity contribution in [3.05, 3.63) is 36.4 Å². The Hall–Kier alpha value is -3.78. The molecule has 0 aromatic carbocycles.